The molecule has 0 saturated carbocycles. The van der Waals surface area contributed by atoms with Gasteiger partial charge in [0.2, 0.25) is 0 Å². The third-order valence-corrected chi connectivity index (χ3v) is 4.51. The number of benzene rings is 3. The Hall–Kier alpha value is -2.56. The average Bonchev–Trinajstić information content (AvgIpc) is 2.65. The minimum atomic E-state index is -0.881. The highest BCUT2D eigenvalue weighted by Crippen LogP contribution is 2.29. The first-order chi connectivity index (χ1) is 12.5. The van der Waals surface area contributed by atoms with Crippen LogP contribution in [0.2, 0.25) is 5.02 Å². The maximum absolute atomic E-state index is 11.1. The Kier molecular flexibility index (Phi) is 5.76. The van der Waals surface area contributed by atoms with Crippen molar-refractivity contribution in [3.63, 3.8) is 0 Å². The fourth-order valence-corrected chi connectivity index (χ4v) is 2.84. The molecule has 0 heterocycles. The van der Waals surface area contributed by atoms with Crippen LogP contribution in [0.3, 0.4) is 0 Å². The summed E-state index contributed by atoms with van der Waals surface area (Å²) in [5.41, 5.74) is 1.96. The maximum Gasteiger partial charge on any atom is 0.320 e. The third kappa shape index (κ3) is 4.34. The summed E-state index contributed by atoms with van der Waals surface area (Å²) in [5.74, 6) is -0.141. The first kappa shape index (κ1) is 18.2. The van der Waals surface area contributed by atoms with Gasteiger partial charge in [0.25, 0.3) is 0 Å². The number of fused-ring (bicyclic) bond motifs is 1. The van der Waals surface area contributed by atoms with Gasteiger partial charge in [0.1, 0.15) is 18.4 Å². The molecule has 5 heteroatoms. The Morgan fingerprint density at radius 3 is 2.58 bits per heavy atom. The fraction of sp³-hybridized carbons (Fsp3) is 0.190. The van der Waals surface area contributed by atoms with E-state index in [4.69, 9.17) is 21.4 Å². The lowest BCUT2D eigenvalue weighted by molar-refractivity contribution is -0.139. The van der Waals surface area contributed by atoms with Gasteiger partial charge >= 0.3 is 5.97 Å². The van der Waals surface area contributed by atoms with Crippen LogP contribution in [0.25, 0.3) is 10.8 Å². The van der Waals surface area contributed by atoms with Crippen LogP contribution in [-0.4, -0.2) is 17.1 Å². The van der Waals surface area contributed by atoms with Crippen molar-refractivity contribution in [1.82, 2.24) is 5.32 Å². The van der Waals surface area contributed by atoms with E-state index in [-0.39, 0.29) is 0 Å². The molecule has 0 bridgehead atoms. The van der Waals surface area contributed by atoms with Crippen molar-refractivity contribution in [2.75, 3.05) is 0 Å². The molecule has 0 aliphatic heterocycles. The molecule has 1 atom stereocenters. The van der Waals surface area contributed by atoms with Crippen molar-refractivity contribution in [2.24, 2.45) is 0 Å². The number of hydrogen-bond acceptors (Lipinski definition) is 3. The van der Waals surface area contributed by atoms with E-state index in [2.05, 4.69) is 5.32 Å². The first-order valence-corrected chi connectivity index (χ1v) is 8.76. The van der Waals surface area contributed by atoms with E-state index in [1.165, 1.54) is 0 Å². The molecule has 0 aliphatic rings. The summed E-state index contributed by atoms with van der Waals surface area (Å²) in [6.45, 7) is 2.45. The third-order valence-electron chi connectivity index (χ3n) is 4.26. The molecule has 0 aromatic heterocycles. The van der Waals surface area contributed by atoms with Gasteiger partial charge in [-0.1, -0.05) is 54.1 Å². The lowest BCUT2D eigenvalue weighted by Gasteiger charge is -2.16. The molecule has 4 nitrogen and oxygen atoms in total. The summed E-state index contributed by atoms with van der Waals surface area (Å²) in [6, 6.07) is 18.8. The highest BCUT2D eigenvalue weighted by Gasteiger charge is 2.14. The van der Waals surface area contributed by atoms with Gasteiger partial charge in [-0.25, -0.2) is 0 Å². The topological polar surface area (TPSA) is 58.6 Å². The molecular weight excluding hydrogens is 350 g/mol. The molecule has 0 radical (unpaired) electrons. The zero-order chi connectivity index (χ0) is 18.5. The van der Waals surface area contributed by atoms with Crippen molar-refractivity contribution in [3.05, 3.63) is 76.8 Å². The Morgan fingerprint density at radius 2 is 1.85 bits per heavy atom. The quantitative estimate of drug-likeness (QED) is 0.637. The molecule has 3 aromatic rings. The van der Waals surface area contributed by atoms with Gasteiger partial charge in [-0.15, -0.1) is 0 Å². The minimum absolute atomic E-state index is 0.408. The Morgan fingerprint density at radius 1 is 1.12 bits per heavy atom. The minimum Gasteiger partial charge on any atom is -0.489 e. The van der Waals surface area contributed by atoms with E-state index in [9.17, 15) is 4.79 Å². The number of rotatable bonds is 7. The number of carboxylic acid groups (broad SMARTS) is 1. The highest BCUT2D eigenvalue weighted by molar-refractivity contribution is 6.30. The first-order valence-electron chi connectivity index (χ1n) is 8.38. The second-order valence-corrected chi connectivity index (χ2v) is 6.56. The average molecular weight is 370 g/mol. The van der Waals surface area contributed by atoms with Crippen molar-refractivity contribution in [1.29, 1.82) is 0 Å². The fourth-order valence-electron chi connectivity index (χ4n) is 2.72. The molecule has 0 fully saturated rings. The summed E-state index contributed by atoms with van der Waals surface area (Å²) in [7, 11) is 0. The zero-order valence-electron chi connectivity index (χ0n) is 14.4. The van der Waals surface area contributed by atoms with Crippen LogP contribution in [0, 0.1) is 0 Å². The normalized spacial score (nSPS) is 12.1. The van der Waals surface area contributed by atoms with Crippen LogP contribution in [0.4, 0.5) is 0 Å². The zero-order valence-corrected chi connectivity index (χ0v) is 15.2. The molecule has 26 heavy (non-hydrogen) atoms. The summed E-state index contributed by atoms with van der Waals surface area (Å²) in [5, 5.41) is 15.0. The van der Waals surface area contributed by atoms with Crippen molar-refractivity contribution in [2.45, 2.75) is 26.1 Å². The van der Waals surface area contributed by atoms with Crippen LogP contribution in [0.1, 0.15) is 18.1 Å². The van der Waals surface area contributed by atoms with E-state index < -0.39 is 12.0 Å². The molecule has 3 aromatic carbocycles. The molecule has 0 saturated heterocycles. The Labute approximate surface area is 157 Å². The number of aliphatic carboxylic acids is 1. The molecule has 134 valence electrons. The smallest absolute Gasteiger partial charge is 0.320 e. The Balaban J connectivity index is 1.86. The summed E-state index contributed by atoms with van der Waals surface area (Å²) >= 11 is 5.92. The lowest BCUT2D eigenvalue weighted by Crippen LogP contribution is -2.33. The van der Waals surface area contributed by atoms with Gasteiger partial charge in [0.05, 0.1) is 0 Å². The van der Waals surface area contributed by atoms with Gasteiger partial charge in [-0.3, -0.25) is 4.79 Å². The predicted octanol–water partition coefficient (Wildman–Crippen LogP) is 4.63. The van der Waals surface area contributed by atoms with Crippen LogP contribution in [0.15, 0.2) is 60.7 Å². The second-order valence-electron chi connectivity index (χ2n) is 6.12. The van der Waals surface area contributed by atoms with Gasteiger partial charge in [0, 0.05) is 17.1 Å². The standard InChI is InChI=1S/C21H20ClNO3/c1-14(21(24)25)23-12-19-18-5-3-2-4-16(18)8-11-20(19)26-13-15-6-9-17(22)10-7-15/h2-11,14,23H,12-13H2,1H3,(H,24,25). The summed E-state index contributed by atoms with van der Waals surface area (Å²) < 4.78 is 6.03. The number of ether oxygens (including phenoxy) is 1. The van der Waals surface area contributed by atoms with E-state index in [1.54, 1.807) is 6.92 Å². The second kappa shape index (κ2) is 8.21. The van der Waals surface area contributed by atoms with Gasteiger partial charge in [0.15, 0.2) is 0 Å². The SMILES string of the molecule is CC(NCc1c(OCc2ccc(Cl)cc2)ccc2ccccc12)C(=O)O. The van der Waals surface area contributed by atoms with Crippen molar-refractivity contribution in [3.8, 4) is 5.75 Å². The number of carboxylic acids is 1. The van der Waals surface area contributed by atoms with E-state index in [0.717, 1.165) is 27.6 Å². The van der Waals surface area contributed by atoms with Crippen molar-refractivity contribution < 1.29 is 14.6 Å². The van der Waals surface area contributed by atoms with Gasteiger partial charge in [-0.2, -0.15) is 0 Å². The lowest BCUT2D eigenvalue weighted by atomic mass is 10.0. The largest absolute Gasteiger partial charge is 0.489 e. The molecule has 0 amide bonds. The molecule has 2 N–H and O–H groups in total. The van der Waals surface area contributed by atoms with E-state index >= 15 is 0 Å². The van der Waals surface area contributed by atoms with E-state index in [0.29, 0.717) is 18.2 Å². The van der Waals surface area contributed by atoms with Crippen LogP contribution < -0.4 is 10.1 Å². The summed E-state index contributed by atoms with van der Waals surface area (Å²) in [4.78, 5) is 11.1. The van der Waals surface area contributed by atoms with Crippen molar-refractivity contribution >= 4 is 28.3 Å². The van der Waals surface area contributed by atoms with Gasteiger partial charge < -0.3 is 15.2 Å². The summed E-state index contributed by atoms with van der Waals surface area (Å²) in [6.07, 6.45) is 0. The molecule has 1 unspecified atom stereocenters. The molecular formula is C21H20ClNO3. The molecule has 3 rings (SSSR count). The number of hydrogen-bond donors (Lipinski definition) is 2. The number of carbonyl (C=O) groups is 1. The molecule has 0 spiro atoms. The Bertz CT molecular complexity index is 909. The van der Waals surface area contributed by atoms with Crippen LogP contribution in [0.5, 0.6) is 5.75 Å². The maximum atomic E-state index is 11.1. The van der Waals surface area contributed by atoms with Crippen LogP contribution in [-0.2, 0) is 17.9 Å². The monoisotopic (exact) mass is 369 g/mol. The number of halogens is 1. The molecule has 0 aliphatic carbocycles. The number of nitrogens with one attached hydrogen (secondary N) is 1. The van der Waals surface area contributed by atoms with Crippen LogP contribution >= 0.6 is 11.6 Å². The predicted molar refractivity (Wildman–Crippen MR) is 104 cm³/mol. The van der Waals surface area contributed by atoms with E-state index in [1.807, 2.05) is 60.7 Å². The highest BCUT2D eigenvalue weighted by atomic mass is 35.5. The van der Waals surface area contributed by atoms with Gasteiger partial charge in [-0.05, 0) is 41.5 Å².